The van der Waals surface area contributed by atoms with E-state index in [1.807, 2.05) is 7.05 Å². The first kappa shape index (κ1) is 12.7. The summed E-state index contributed by atoms with van der Waals surface area (Å²) in [5, 5.41) is 3.22. The molecule has 0 bridgehead atoms. The van der Waals surface area contributed by atoms with Gasteiger partial charge in [0.15, 0.2) is 0 Å². The predicted molar refractivity (Wildman–Crippen MR) is 78.9 cm³/mol. The van der Waals surface area contributed by atoms with Gasteiger partial charge in [0.2, 0.25) is 0 Å². The first-order valence-electron chi connectivity index (χ1n) is 7.46. The van der Waals surface area contributed by atoms with E-state index in [1.165, 1.54) is 37.7 Å². The second kappa shape index (κ2) is 4.99. The molecule has 0 saturated heterocycles. The molecule has 1 aromatic heterocycles. The lowest BCUT2D eigenvalue weighted by Crippen LogP contribution is -2.30. The molecular weight excluding hydrogens is 236 g/mol. The van der Waals surface area contributed by atoms with Crippen molar-refractivity contribution in [2.24, 2.45) is 5.92 Å². The fourth-order valence-electron chi connectivity index (χ4n) is 2.81. The molecule has 3 rings (SSSR count). The Hall–Kier alpha value is -1.32. The van der Waals surface area contributed by atoms with E-state index in [9.17, 15) is 0 Å². The molecule has 1 heterocycles. The summed E-state index contributed by atoms with van der Waals surface area (Å²) < 4.78 is 0. The van der Waals surface area contributed by atoms with Crippen LogP contribution in [0.3, 0.4) is 0 Å². The van der Waals surface area contributed by atoms with Gasteiger partial charge in [-0.3, -0.25) is 0 Å². The highest BCUT2D eigenvalue weighted by atomic mass is 15.2. The van der Waals surface area contributed by atoms with Crippen molar-refractivity contribution in [1.82, 2.24) is 9.97 Å². The molecule has 0 unspecified atom stereocenters. The predicted octanol–water partition coefficient (Wildman–Crippen LogP) is 2.94. The second-order valence-electron chi connectivity index (χ2n) is 6.08. The van der Waals surface area contributed by atoms with Crippen LogP contribution >= 0.6 is 0 Å². The third-order valence-corrected chi connectivity index (χ3v) is 4.44. The molecule has 2 aliphatic carbocycles. The standard InChI is InChI=1S/C15H24N4/c1-10-13(16-2)17-14(12-7-8-12)18-15(10)19(3)9-11-5-4-6-11/h11-12H,4-9H2,1-3H3,(H,16,17,18). The van der Waals surface area contributed by atoms with Gasteiger partial charge in [-0.25, -0.2) is 9.97 Å². The summed E-state index contributed by atoms with van der Waals surface area (Å²) in [5.74, 6) is 4.61. The lowest BCUT2D eigenvalue weighted by atomic mass is 9.85. The smallest absolute Gasteiger partial charge is 0.137 e. The molecule has 4 heteroatoms. The minimum Gasteiger partial charge on any atom is -0.373 e. The third kappa shape index (κ3) is 2.53. The van der Waals surface area contributed by atoms with Gasteiger partial charge in [-0.1, -0.05) is 6.42 Å². The maximum atomic E-state index is 4.83. The molecule has 2 fully saturated rings. The van der Waals surface area contributed by atoms with Gasteiger partial charge in [0.05, 0.1) is 0 Å². The lowest BCUT2D eigenvalue weighted by Gasteiger charge is -2.31. The topological polar surface area (TPSA) is 41.1 Å². The highest BCUT2D eigenvalue weighted by Crippen LogP contribution is 2.40. The first-order chi connectivity index (χ1) is 9.19. The van der Waals surface area contributed by atoms with Crippen LogP contribution in [-0.4, -0.2) is 30.6 Å². The molecule has 19 heavy (non-hydrogen) atoms. The molecule has 2 aliphatic rings. The molecule has 0 radical (unpaired) electrons. The molecule has 1 aromatic rings. The maximum Gasteiger partial charge on any atom is 0.137 e. The largest absolute Gasteiger partial charge is 0.373 e. The summed E-state index contributed by atoms with van der Waals surface area (Å²) in [5.41, 5.74) is 1.17. The molecule has 0 aliphatic heterocycles. The van der Waals surface area contributed by atoms with Gasteiger partial charge in [0, 0.05) is 32.1 Å². The lowest BCUT2D eigenvalue weighted by molar-refractivity contribution is 0.321. The number of hydrogen-bond acceptors (Lipinski definition) is 4. The van der Waals surface area contributed by atoms with Crippen LogP contribution < -0.4 is 10.2 Å². The Morgan fingerprint density at radius 3 is 2.47 bits per heavy atom. The van der Waals surface area contributed by atoms with Crippen molar-refractivity contribution in [3.63, 3.8) is 0 Å². The van der Waals surface area contributed by atoms with E-state index in [4.69, 9.17) is 4.98 Å². The van der Waals surface area contributed by atoms with Crippen molar-refractivity contribution in [2.45, 2.75) is 44.9 Å². The van der Waals surface area contributed by atoms with Crippen molar-refractivity contribution in [2.75, 3.05) is 30.9 Å². The number of hydrogen-bond donors (Lipinski definition) is 1. The Morgan fingerprint density at radius 2 is 1.95 bits per heavy atom. The van der Waals surface area contributed by atoms with Crippen molar-refractivity contribution < 1.29 is 0 Å². The van der Waals surface area contributed by atoms with Crippen LogP contribution in [0.25, 0.3) is 0 Å². The summed E-state index contributed by atoms with van der Waals surface area (Å²) in [6.45, 7) is 3.25. The normalized spacial score (nSPS) is 19.1. The van der Waals surface area contributed by atoms with Gasteiger partial charge >= 0.3 is 0 Å². The van der Waals surface area contributed by atoms with Gasteiger partial charge < -0.3 is 10.2 Å². The van der Waals surface area contributed by atoms with Crippen LogP contribution in [0, 0.1) is 12.8 Å². The van der Waals surface area contributed by atoms with Crippen LogP contribution in [0.2, 0.25) is 0 Å². The van der Waals surface area contributed by atoms with E-state index in [0.717, 1.165) is 29.9 Å². The van der Waals surface area contributed by atoms with Crippen molar-refractivity contribution in [1.29, 1.82) is 0 Å². The average molecular weight is 260 g/mol. The van der Waals surface area contributed by atoms with Gasteiger partial charge in [0.1, 0.15) is 17.5 Å². The molecular formula is C15H24N4. The zero-order valence-electron chi connectivity index (χ0n) is 12.2. The molecule has 104 valence electrons. The number of aromatic nitrogens is 2. The van der Waals surface area contributed by atoms with Gasteiger partial charge in [-0.15, -0.1) is 0 Å². The van der Waals surface area contributed by atoms with E-state index < -0.39 is 0 Å². The highest BCUT2D eigenvalue weighted by Gasteiger charge is 2.29. The minimum absolute atomic E-state index is 0.601. The second-order valence-corrected chi connectivity index (χ2v) is 6.08. The first-order valence-corrected chi connectivity index (χ1v) is 7.46. The summed E-state index contributed by atoms with van der Waals surface area (Å²) in [4.78, 5) is 11.8. The van der Waals surface area contributed by atoms with E-state index >= 15 is 0 Å². The Kier molecular flexibility index (Phi) is 3.33. The molecule has 0 aromatic carbocycles. The molecule has 0 amide bonds. The third-order valence-electron chi connectivity index (χ3n) is 4.44. The van der Waals surface area contributed by atoms with Crippen LogP contribution in [0.15, 0.2) is 0 Å². The average Bonchev–Trinajstić information content (AvgIpc) is 3.18. The molecule has 1 N–H and O–H groups in total. The molecule has 0 spiro atoms. The summed E-state index contributed by atoms with van der Waals surface area (Å²) in [6.07, 6.45) is 6.65. The zero-order chi connectivity index (χ0) is 13.4. The summed E-state index contributed by atoms with van der Waals surface area (Å²) >= 11 is 0. The quantitative estimate of drug-likeness (QED) is 0.883. The number of nitrogens with one attached hydrogen (secondary N) is 1. The van der Waals surface area contributed by atoms with Crippen LogP contribution in [0.1, 0.15) is 49.4 Å². The molecule has 4 nitrogen and oxygen atoms in total. The van der Waals surface area contributed by atoms with E-state index in [2.05, 4.69) is 29.2 Å². The van der Waals surface area contributed by atoms with Crippen LogP contribution in [0.4, 0.5) is 11.6 Å². The van der Waals surface area contributed by atoms with Crippen LogP contribution in [-0.2, 0) is 0 Å². The molecule has 2 saturated carbocycles. The van der Waals surface area contributed by atoms with Crippen molar-refractivity contribution in [3.05, 3.63) is 11.4 Å². The van der Waals surface area contributed by atoms with Gasteiger partial charge in [-0.05, 0) is 38.5 Å². The SMILES string of the molecule is CNc1nc(C2CC2)nc(N(C)CC2CCC2)c1C. The Balaban J connectivity index is 1.86. The summed E-state index contributed by atoms with van der Waals surface area (Å²) in [7, 11) is 4.12. The summed E-state index contributed by atoms with van der Waals surface area (Å²) in [6, 6.07) is 0. The fourth-order valence-corrected chi connectivity index (χ4v) is 2.81. The Bertz CT molecular complexity index is 463. The number of rotatable bonds is 5. The monoisotopic (exact) mass is 260 g/mol. The van der Waals surface area contributed by atoms with E-state index in [0.29, 0.717) is 5.92 Å². The number of anilines is 2. The number of nitrogens with zero attached hydrogens (tertiary/aromatic N) is 3. The van der Waals surface area contributed by atoms with Crippen molar-refractivity contribution in [3.8, 4) is 0 Å². The van der Waals surface area contributed by atoms with E-state index in [-0.39, 0.29) is 0 Å². The highest BCUT2D eigenvalue weighted by molar-refractivity contribution is 5.58. The fraction of sp³-hybridized carbons (Fsp3) is 0.733. The van der Waals surface area contributed by atoms with Crippen LogP contribution in [0.5, 0.6) is 0 Å². The van der Waals surface area contributed by atoms with Gasteiger partial charge in [0.25, 0.3) is 0 Å². The minimum atomic E-state index is 0.601. The molecule has 0 atom stereocenters. The van der Waals surface area contributed by atoms with Gasteiger partial charge in [-0.2, -0.15) is 0 Å². The Labute approximate surface area is 115 Å². The maximum absolute atomic E-state index is 4.83. The zero-order valence-corrected chi connectivity index (χ0v) is 12.2. The Morgan fingerprint density at radius 1 is 1.21 bits per heavy atom. The van der Waals surface area contributed by atoms with Crippen molar-refractivity contribution >= 4 is 11.6 Å². The van der Waals surface area contributed by atoms with E-state index in [1.54, 1.807) is 0 Å².